The standard InChI is InChI=1S/C35H45N9O4.C2H5N.C2H6O.C2H6/c1-6-26-19-24(3)33(37-23-26)41(5)11-8-9-13-43-31-28(38-35(43)39-34(46)29-20-25(4)40-44(29)7-2)21-27(32(36)45)22-30(31)48-16-10-12-42-14-17-47-18-15-42;1-2-3;1-3-2;1-2/h6,8-9,19-23H,1,7,10-18H2,2-5H3,(H2,36,45)(H,38,39,46);2-3H,1H3;1-2H3;1-2H3/b9-8+;;;. The topological polar surface area (TPSA) is 179 Å². The van der Waals surface area contributed by atoms with Crippen molar-refractivity contribution >= 4 is 46.9 Å². The Labute approximate surface area is 332 Å². The summed E-state index contributed by atoms with van der Waals surface area (Å²) < 4.78 is 19.6. The number of benzene rings is 1. The number of carbonyl (C=O) groups is 2. The number of methoxy groups -OCH3 is 1. The number of fused-ring (bicyclic) bond motifs is 1. The molecule has 0 bridgehead atoms. The van der Waals surface area contributed by atoms with Crippen LogP contribution in [0, 0.1) is 19.3 Å². The Bertz CT molecular complexity index is 1880. The van der Waals surface area contributed by atoms with Gasteiger partial charge in [-0.1, -0.05) is 38.7 Å². The van der Waals surface area contributed by atoms with E-state index in [0.717, 1.165) is 61.9 Å². The number of anilines is 2. The molecule has 56 heavy (non-hydrogen) atoms. The fraction of sp³-hybridized carbons (Fsp3) is 0.463. The Morgan fingerprint density at radius 2 is 1.80 bits per heavy atom. The van der Waals surface area contributed by atoms with Crippen LogP contribution < -0.4 is 20.7 Å². The van der Waals surface area contributed by atoms with Gasteiger partial charge in [0.05, 0.1) is 31.0 Å². The van der Waals surface area contributed by atoms with E-state index in [9.17, 15) is 9.59 Å². The third kappa shape index (κ3) is 13.7. The second-order valence-electron chi connectivity index (χ2n) is 12.5. The molecule has 1 aliphatic heterocycles. The molecule has 15 heteroatoms. The van der Waals surface area contributed by atoms with Crippen molar-refractivity contribution in [3.63, 3.8) is 0 Å². The summed E-state index contributed by atoms with van der Waals surface area (Å²) in [4.78, 5) is 39.6. The van der Waals surface area contributed by atoms with Crippen LogP contribution in [0.1, 0.15) is 71.8 Å². The molecule has 0 saturated carbocycles. The van der Waals surface area contributed by atoms with E-state index in [1.54, 1.807) is 56.3 Å². The number of nitrogens with two attached hydrogens (primary N) is 1. The highest BCUT2D eigenvalue weighted by Crippen LogP contribution is 2.31. The number of amides is 2. The number of morpholine rings is 1. The van der Waals surface area contributed by atoms with Gasteiger partial charge in [0.15, 0.2) is 0 Å². The minimum absolute atomic E-state index is 0.274. The normalized spacial score (nSPS) is 12.4. The van der Waals surface area contributed by atoms with Crippen molar-refractivity contribution in [2.75, 3.05) is 77.5 Å². The first-order chi connectivity index (χ1) is 27.0. The van der Waals surface area contributed by atoms with Gasteiger partial charge in [-0.05, 0) is 75.7 Å². The lowest BCUT2D eigenvalue weighted by molar-refractivity contribution is 0.0358. The zero-order chi connectivity index (χ0) is 41.6. The molecule has 1 aliphatic rings. The van der Waals surface area contributed by atoms with Gasteiger partial charge in [-0.25, -0.2) is 9.97 Å². The van der Waals surface area contributed by atoms with Crippen LogP contribution in [0.15, 0.2) is 49.2 Å². The largest absolute Gasteiger partial charge is 0.491 e. The molecule has 5 rings (SSSR count). The molecule has 15 nitrogen and oxygen atoms in total. The van der Waals surface area contributed by atoms with Crippen molar-refractivity contribution < 1.29 is 23.8 Å². The van der Waals surface area contributed by atoms with Gasteiger partial charge in [0.2, 0.25) is 11.9 Å². The maximum absolute atomic E-state index is 13.5. The first-order valence-corrected chi connectivity index (χ1v) is 18.9. The van der Waals surface area contributed by atoms with E-state index in [0.29, 0.717) is 54.7 Å². The van der Waals surface area contributed by atoms with Crippen LogP contribution in [0.3, 0.4) is 0 Å². The van der Waals surface area contributed by atoms with Crippen LogP contribution >= 0.6 is 0 Å². The van der Waals surface area contributed by atoms with Gasteiger partial charge < -0.3 is 34.8 Å². The van der Waals surface area contributed by atoms with E-state index >= 15 is 0 Å². The zero-order valence-electron chi connectivity index (χ0n) is 34.7. The van der Waals surface area contributed by atoms with Crippen molar-refractivity contribution in [2.24, 2.45) is 5.73 Å². The van der Waals surface area contributed by atoms with E-state index in [1.165, 1.54) is 6.21 Å². The third-order valence-corrected chi connectivity index (χ3v) is 8.23. The lowest BCUT2D eigenvalue weighted by Gasteiger charge is -2.26. The average molecular weight is 775 g/mol. The van der Waals surface area contributed by atoms with E-state index in [2.05, 4.69) is 42.6 Å². The molecule has 4 heterocycles. The summed E-state index contributed by atoms with van der Waals surface area (Å²) in [6.45, 7) is 21.3. The van der Waals surface area contributed by atoms with Crippen molar-refractivity contribution in [3.05, 3.63) is 77.3 Å². The fourth-order valence-electron chi connectivity index (χ4n) is 5.79. The number of nitrogens with one attached hydrogen (secondary N) is 2. The SMILES string of the molecule is C=Cc1cnc(N(C)C/C=C/Cn2c(NC(=O)c3cc(C)nn3CC)nc3cc(C(N)=O)cc(OCCCN4CCOCC4)c32)c(C)c1.CC.CC=N.COC. The first-order valence-electron chi connectivity index (χ1n) is 18.9. The van der Waals surface area contributed by atoms with Crippen molar-refractivity contribution in [1.82, 2.24) is 29.2 Å². The van der Waals surface area contributed by atoms with Gasteiger partial charge in [-0.15, -0.1) is 0 Å². The number of aromatic nitrogens is 5. The summed E-state index contributed by atoms with van der Waals surface area (Å²) in [5.41, 5.74) is 10.3. The first kappa shape index (κ1) is 46.8. The number of primary amides is 1. The number of carbonyl (C=O) groups excluding carboxylic acids is 2. The van der Waals surface area contributed by atoms with E-state index < -0.39 is 5.91 Å². The molecule has 1 aromatic carbocycles. The molecule has 0 spiro atoms. The molecule has 2 amide bonds. The minimum Gasteiger partial charge on any atom is -0.491 e. The third-order valence-electron chi connectivity index (χ3n) is 8.23. The molecule has 1 fully saturated rings. The molecule has 1 saturated heterocycles. The molecule has 3 aromatic heterocycles. The molecular weight excluding hydrogens is 713 g/mol. The second kappa shape index (κ2) is 24.9. The fourth-order valence-corrected chi connectivity index (χ4v) is 5.79. The smallest absolute Gasteiger partial charge is 0.276 e. The van der Waals surface area contributed by atoms with E-state index in [4.69, 9.17) is 25.6 Å². The van der Waals surface area contributed by atoms with Crippen LogP contribution in [0.25, 0.3) is 17.1 Å². The molecule has 0 atom stereocenters. The number of allylic oxidation sites excluding steroid dienone is 1. The second-order valence-corrected chi connectivity index (χ2v) is 12.5. The maximum atomic E-state index is 13.5. The number of rotatable bonds is 15. The lowest BCUT2D eigenvalue weighted by Crippen LogP contribution is -2.37. The van der Waals surface area contributed by atoms with E-state index in [-0.39, 0.29) is 11.5 Å². The molecular formula is C41H62N10O5. The number of ether oxygens (including phenoxy) is 3. The van der Waals surface area contributed by atoms with Crippen LogP contribution in [0.4, 0.5) is 11.8 Å². The zero-order valence-corrected chi connectivity index (χ0v) is 34.7. The van der Waals surface area contributed by atoms with Gasteiger partial charge in [0.1, 0.15) is 22.8 Å². The maximum Gasteiger partial charge on any atom is 0.276 e. The average Bonchev–Trinajstić information content (AvgIpc) is 3.75. The molecule has 0 aliphatic carbocycles. The van der Waals surface area contributed by atoms with Crippen LogP contribution in [0.5, 0.6) is 5.75 Å². The Morgan fingerprint density at radius 1 is 1.12 bits per heavy atom. The number of pyridine rings is 1. The molecule has 0 radical (unpaired) electrons. The monoisotopic (exact) mass is 774 g/mol. The molecule has 4 aromatic rings. The molecule has 4 N–H and O–H groups in total. The highest BCUT2D eigenvalue weighted by Gasteiger charge is 2.22. The van der Waals surface area contributed by atoms with Gasteiger partial charge in [0.25, 0.3) is 5.91 Å². The number of hydrogen-bond acceptors (Lipinski definition) is 11. The number of aryl methyl sites for hydroxylation is 3. The van der Waals surface area contributed by atoms with Gasteiger partial charge in [-0.3, -0.25) is 24.5 Å². The number of hydrogen-bond donors (Lipinski definition) is 3. The quantitative estimate of drug-likeness (QED) is 0.0738. The predicted molar refractivity (Wildman–Crippen MR) is 226 cm³/mol. The summed E-state index contributed by atoms with van der Waals surface area (Å²) >= 11 is 0. The Morgan fingerprint density at radius 3 is 2.41 bits per heavy atom. The van der Waals surface area contributed by atoms with Crippen LogP contribution in [0.2, 0.25) is 0 Å². The summed E-state index contributed by atoms with van der Waals surface area (Å²) in [5.74, 6) is 0.724. The summed E-state index contributed by atoms with van der Waals surface area (Å²) in [7, 11) is 5.23. The van der Waals surface area contributed by atoms with E-state index in [1.807, 2.05) is 58.4 Å². The molecule has 0 unspecified atom stereocenters. The van der Waals surface area contributed by atoms with Crippen LogP contribution in [-0.2, 0) is 22.6 Å². The van der Waals surface area contributed by atoms with Crippen molar-refractivity contribution in [2.45, 2.75) is 61.1 Å². The van der Waals surface area contributed by atoms with Crippen LogP contribution in [-0.4, -0.2) is 115 Å². The van der Waals surface area contributed by atoms with Gasteiger partial charge in [0, 0.05) is 72.3 Å². The van der Waals surface area contributed by atoms with Gasteiger partial charge >= 0.3 is 0 Å². The Hall–Kier alpha value is -5.38. The Balaban J connectivity index is 0.00000125. The number of likely N-dealkylation sites (N-methyl/N-ethyl adjacent to an activating group) is 1. The van der Waals surface area contributed by atoms with Crippen molar-refractivity contribution in [3.8, 4) is 5.75 Å². The summed E-state index contributed by atoms with van der Waals surface area (Å²) in [5, 5.41) is 13.5. The van der Waals surface area contributed by atoms with Gasteiger partial charge in [-0.2, -0.15) is 5.10 Å². The highest BCUT2D eigenvalue weighted by molar-refractivity contribution is 6.04. The lowest BCUT2D eigenvalue weighted by atomic mass is 10.1. The number of nitrogens with zero attached hydrogens (tertiary/aromatic N) is 7. The number of imidazole rings is 1. The molecule has 306 valence electrons. The predicted octanol–water partition coefficient (Wildman–Crippen LogP) is 6.00. The summed E-state index contributed by atoms with van der Waals surface area (Å²) in [6.07, 6.45) is 9.66. The highest BCUT2D eigenvalue weighted by atomic mass is 16.5. The summed E-state index contributed by atoms with van der Waals surface area (Å²) in [6, 6.07) is 7.07. The Kier molecular flexibility index (Phi) is 20.8. The minimum atomic E-state index is -0.592. The van der Waals surface area contributed by atoms with Crippen molar-refractivity contribution in [1.29, 1.82) is 5.41 Å².